The molecule has 0 saturated heterocycles. The Bertz CT molecular complexity index is 1060. The van der Waals surface area contributed by atoms with Crippen LogP contribution in [0.2, 0.25) is 0 Å². The van der Waals surface area contributed by atoms with E-state index in [4.69, 9.17) is 9.84 Å². The SMILES string of the molecule is COc1ccc(C2=NN(c3cccc(C(F)(F)F)c3)[C@@H](c3ccc(Br)cc3)C2)cc1. The summed E-state index contributed by atoms with van der Waals surface area (Å²) >= 11 is 3.43. The Hall–Kier alpha value is -2.80. The Kier molecular flexibility index (Phi) is 5.56. The van der Waals surface area contributed by atoms with Gasteiger partial charge in [-0.15, -0.1) is 0 Å². The topological polar surface area (TPSA) is 24.8 Å². The average molecular weight is 475 g/mol. The minimum atomic E-state index is -4.41. The summed E-state index contributed by atoms with van der Waals surface area (Å²) in [5.41, 5.74) is 2.40. The van der Waals surface area contributed by atoms with Gasteiger partial charge in [-0.25, -0.2) is 0 Å². The zero-order valence-corrected chi connectivity index (χ0v) is 17.6. The molecule has 0 bridgehead atoms. The number of methoxy groups -OCH3 is 1. The molecule has 3 aromatic rings. The standard InChI is InChI=1S/C23H18BrF3N2O/c1-30-20-11-7-15(8-12-20)21-14-22(16-5-9-18(24)10-6-16)29(28-21)19-4-2-3-17(13-19)23(25,26)27/h2-13,22H,14H2,1H3/t22-/m1/s1. The fourth-order valence-electron chi connectivity index (χ4n) is 3.48. The third-order valence-electron chi connectivity index (χ3n) is 5.03. The molecule has 7 heteroatoms. The molecule has 1 heterocycles. The molecule has 30 heavy (non-hydrogen) atoms. The third kappa shape index (κ3) is 4.21. The minimum Gasteiger partial charge on any atom is -0.497 e. The largest absolute Gasteiger partial charge is 0.497 e. The van der Waals surface area contributed by atoms with E-state index in [-0.39, 0.29) is 6.04 Å². The lowest BCUT2D eigenvalue weighted by atomic mass is 9.98. The van der Waals surface area contributed by atoms with Gasteiger partial charge in [-0.3, -0.25) is 5.01 Å². The van der Waals surface area contributed by atoms with E-state index in [1.165, 1.54) is 6.07 Å². The Morgan fingerprint density at radius 3 is 2.33 bits per heavy atom. The molecule has 3 aromatic carbocycles. The number of nitrogens with zero attached hydrogens (tertiary/aromatic N) is 2. The number of alkyl halides is 3. The molecule has 0 N–H and O–H groups in total. The van der Waals surface area contributed by atoms with Gasteiger partial charge in [-0.2, -0.15) is 18.3 Å². The van der Waals surface area contributed by atoms with Crippen molar-refractivity contribution in [1.82, 2.24) is 0 Å². The minimum absolute atomic E-state index is 0.210. The van der Waals surface area contributed by atoms with Crippen molar-refractivity contribution in [2.45, 2.75) is 18.6 Å². The van der Waals surface area contributed by atoms with Crippen LogP contribution in [0.15, 0.2) is 82.4 Å². The molecule has 1 atom stereocenters. The zero-order chi connectivity index (χ0) is 21.3. The molecule has 0 unspecified atom stereocenters. The predicted octanol–water partition coefficient (Wildman–Crippen LogP) is 6.83. The number of ether oxygens (including phenoxy) is 1. The number of anilines is 1. The molecule has 4 rings (SSSR count). The van der Waals surface area contributed by atoms with E-state index >= 15 is 0 Å². The van der Waals surface area contributed by atoms with Crippen LogP contribution in [0.1, 0.15) is 29.2 Å². The van der Waals surface area contributed by atoms with Crippen molar-refractivity contribution in [1.29, 1.82) is 0 Å². The molecule has 0 amide bonds. The zero-order valence-electron chi connectivity index (χ0n) is 16.0. The molecule has 0 saturated carbocycles. The normalized spacial score (nSPS) is 16.5. The summed E-state index contributed by atoms with van der Waals surface area (Å²) in [5, 5.41) is 6.40. The fourth-order valence-corrected chi connectivity index (χ4v) is 3.74. The van der Waals surface area contributed by atoms with Crippen LogP contribution in [0, 0.1) is 0 Å². The number of hydrogen-bond acceptors (Lipinski definition) is 3. The maximum Gasteiger partial charge on any atom is 0.416 e. The van der Waals surface area contributed by atoms with E-state index in [9.17, 15) is 13.2 Å². The van der Waals surface area contributed by atoms with Crippen LogP contribution in [0.4, 0.5) is 18.9 Å². The van der Waals surface area contributed by atoms with Gasteiger partial charge in [0, 0.05) is 10.9 Å². The van der Waals surface area contributed by atoms with Crippen LogP contribution >= 0.6 is 15.9 Å². The number of benzene rings is 3. The van der Waals surface area contributed by atoms with Crippen LogP contribution in [-0.4, -0.2) is 12.8 Å². The lowest BCUT2D eigenvalue weighted by Crippen LogP contribution is -2.19. The van der Waals surface area contributed by atoms with Gasteiger partial charge in [0.25, 0.3) is 0 Å². The van der Waals surface area contributed by atoms with Crippen molar-refractivity contribution in [3.63, 3.8) is 0 Å². The monoisotopic (exact) mass is 474 g/mol. The van der Waals surface area contributed by atoms with Crippen LogP contribution in [0.25, 0.3) is 0 Å². The maximum atomic E-state index is 13.3. The molecule has 1 aliphatic rings. The maximum absolute atomic E-state index is 13.3. The van der Waals surface area contributed by atoms with Crippen molar-refractivity contribution in [3.8, 4) is 5.75 Å². The van der Waals surface area contributed by atoms with Crippen LogP contribution < -0.4 is 9.75 Å². The van der Waals surface area contributed by atoms with Gasteiger partial charge in [0.2, 0.25) is 0 Å². The Morgan fingerprint density at radius 2 is 1.70 bits per heavy atom. The highest BCUT2D eigenvalue weighted by atomic mass is 79.9. The molecule has 154 valence electrons. The summed E-state index contributed by atoms with van der Waals surface area (Å²) in [6.45, 7) is 0. The predicted molar refractivity (Wildman–Crippen MR) is 115 cm³/mol. The van der Waals surface area contributed by atoms with Crippen molar-refractivity contribution in [2.24, 2.45) is 5.10 Å². The Balaban J connectivity index is 1.75. The number of hydrazone groups is 1. The van der Waals surface area contributed by atoms with E-state index in [1.54, 1.807) is 18.2 Å². The molecule has 0 aliphatic carbocycles. The highest BCUT2D eigenvalue weighted by molar-refractivity contribution is 9.10. The van der Waals surface area contributed by atoms with E-state index in [0.29, 0.717) is 12.1 Å². The highest BCUT2D eigenvalue weighted by Gasteiger charge is 2.34. The summed E-state index contributed by atoms with van der Waals surface area (Å²) in [4.78, 5) is 0. The van der Waals surface area contributed by atoms with Crippen LogP contribution in [0.5, 0.6) is 5.75 Å². The van der Waals surface area contributed by atoms with Crippen molar-refractivity contribution in [3.05, 3.63) is 94.0 Å². The highest BCUT2D eigenvalue weighted by Crippen LogP contribution is 2.39. The summed E-state index contributed by atoms with van der Waals surface area (Å²) in [5.74, 6) is 0.733. The van der Waals surface area contributed by atoms with Gasteiger partial charge in [-0.05, 0) is 65.7 Å². The molecule has 0 spiro atoms. The molecular formula is C23H18BrF3N2O. The first-order chi connectivity index (χ1) is 14.3. The molecule has 0 fully saturated rings. The van der Waals surface area contributed by atoms with E-state index < -0.39 is 11.7 Å². The average Bonchev–Trinajstić information content (AvgIpc) is 3.19. The van der Waals surface area contributed by atoms with E-state index in [0.717, 1.165) is 39.2 Å². The number of rotatable bonds is 4. The van der Waals surface area contributed by atoms with Crippen molar-refractivity contribution >= 4 is 27.3 Å². The van der Waals surface area contributed by atoms with Gasteiger partial charge in [0.05, 0.1) is 30.1 Å². The van der Waals surface area contributed by atoms with Gasteiger partial charge in [-0.1, -0.05) is 34.1 Å². The van der Waals surface area contributed by atoms with Gasteiger partial charge in [0.15, 0.2) is 0 Å². The second-order valence-corrected chi connectivity index (χ2v) is 7.86. The van der Waals surface area contributed by atoms with E-state index in [2.05, 4.69) is 15.9 Å². The summed E-state index contributed by atoms with van der Waals surface area (Å²) < 4.78 is 45.9. The second-order valence-electron chi connectivity index (χ2n) is 6.94. The molecule has 3 nitrogen and oxygen atoms in total. The quantitative estimate of drug-likeness (QED) is 0.413. The first-order valence-electron chi connectivity index (χ1n) is 9.29. The molecule has 0 radical (unpaired) electrons. The molecule has 1 aliphatic heterocycles. The first-order valence-corrected chi connectivity index (χ1v) is 10.1. The lowest BCUT2D eigenvalue weighted by Gasteiger charge is -2.24. The lowest BCUT2D eigenvalue weighted by molar-refractivity contribution is -0.137. The Labute approximate surface area is 180 Å². The second kappa shape index (κ2) is 8.14. The molecule has 0 aromatic heterocycles. The summed E-state index contributed by atoms with van der Waals surface area (Å²) in [7, 11) is 1.60. The number of hydrogen-bond donors (Lipinski definition) is 0. The molecular weight excluding hydrogens is 457 g/mol. The van der Waals surface area contributed by atoms with Crippen LogP contribution in [0.3, 0.4) is 0 Å². The Morgan fingerprint density at radius 1 is 1.00 bits per heavy atom. The smallest absolute Gasteiger partial charge is 0.416 e. The van der Waals surface area contributed by atoms with Gasteiger partial charge < -0.3 is 4.74 Å². The van der Waals surface area contributed by atoms with Crippen LogP contribution in [-0.2, 0) is 6.18 Å². The third-order valence-corrected chi connectivity index (χ3v) is 5.56. The van der Waals surface area contributed by atoms with Crippen molar-refractivity contribution in [2.75, 3.05) is 12.1 Å². The van der Waals surface area contributed by atoms with E-state index in [1.807, 2.05) is 48.5 Å². The summed E-state index contributed by atoms with van der Waals surface area (Å²) in [6.07, 6.45) is -3.84. The fraction of sp³-hybridized carbons (Fsp3) is 0.174. The first kappa shape index (κ1) is 20.5. The van der Waals surface area contributed by atoms with Crippen molar-refractivity contribution < 1.29 is 17.9 Å². The number of halogens is 4. The summed E-state index contributed by atoms with van der Waals surface area (Å²) in [6, 6.07) is 20.4. The van der Waals surface area contributed by atoms with Gasteiger partial charge >= 0.3 is 6.18 Å². The van der Waals surface area contributed by atoms with Gasteiger partial charge in [0.1, 0.15) is 5.75 Å².